The van der Waals surface area contributed by atoms with Gasteiger partial charge in [0.1, 0.15) is 19.6 Å². The minimum absolute atomic E-state index is 1.05. The zero-order chi connectivity index (χ0) is 34.4. The topological polar surface area (TPSA) is 14.2 Å². The first-order chi connectivity index (χ1) is 23.6. The number of benzene rings is 2. The Morgan fingerprint density at radius 3 is 1.39 bits per heavy atom. The Hall–Kier alpha value is -3.56. The van der Waals surface area contributed by atoms with Gasteiger partial charge in [-0.15, -0.1) is 0 Å². The van der Waals surface area contributed by atoms with E-state index in [9.17, 15) is 0 Å². The quantitative estimate of drug-likeness (QED) is 0.0778. The lowest BCUT2D eigenvalue weighted by Gasteiger charge is -2.35. The van der Waals surface area contributed by atoms with Crippen LogP contribution in [0.3, 0.4) is 0 Å². The van der Waals surface area contributed by atoms with Crippen molar-refractivity contribution in [2.75, 3.05) is 78.3 Å². The van der Waals surface area contributed by atoms with Crippen molar-refractivity contribution in [3.05, 3.63) is 119 Å². The largest absolute Gasteiger partial charge is 0.338 e. The van der Waals surface area contributed by atoms with Crippen LogP contribution in [0.25, 0.3) is 12.2 Å². The van der Waals surface area contributed by atoms with Crippen molar-refractivity contribution < 1.29 is 18.1 Å². The number of thioether (sulfide) groups is 2. The van der Waals surface area contributed by atoms with E-state index in [0.717, 1.165) is 22.1 Å². The molecule has 0 saturated heterocycles. The highest BCUT2D eigenvalue weighted by Gasteiger charge is 2.24. The molecule has 256 valence electrons. The molecule has 0 fully saturated rings. The standard InChI is InChI=1S/C41H54N6S2/c1-42-36-14-7-9-16-38(36)48-40(42)32-34-18-24-44(25-19-34)22-11-12-28-46(3,4)30-31-47(5,6)29-13-23-45-26-20-35(21-27-45)33-41-43(2)37-15-8-10-17-39(37)49-41/h7-10,14-21,24-27,32-33H,11-13,22-23,28-31H2,1-6H3/q+4. The number of nitrogens with zero attached hydrogens (tertiary/aromatic N) is 6. The van der Waals surface area contributed by atoms with Crippen molar-refractivity contribution in [2.24, 2.45) is 0 Å². The first kappa shape index (κ1) is 35.3. The van der Waals surface area contributed by atoms with Crippen molar-refractivity contribution in [2.45, 2.75) is 42.1 Å². The minimum Gasteiger partial charge on any atom is -0.338 e. The van der Waals surface area contributed by atoms with E-state index in [1.807, 2.05) is 23.5 Å². The number of quaternary nitrogens is 2. The summed E-state index contributed by atoms with van der Waals surface area (Å²) in [6.45, 7) is 6.92. The van der Waals surface area contributed by atoms with Crippen LogP contribution in [-0.2, 0) is 13.1 Å². The van der Waals surface area contributed by atoms with Crippen LogP contribution < -0.4 is 18.9 Å². The smallest absolute Gasteiger partial charge is 0.169 e. The van der Waals surface area contributed by atoms with Crippen LogP contribution in [0.2, 0.25) is 0 Å². The minimum atomic E-state index is 1.05. The van der Waals surface area contributed by atoms with Crippen molar-refractivity contribution >= 4 is 47.1 Å². The second kappa shape index (κ2) is 15.5. The number of aromatic nitrogens is 2. The third-order valence-corrected chi connectivity index (χ3v) is 12.2. The van der Waals surface area contributed by atoms with Gasteiger partial charge in [0, 0.05) is 61.0 Å². The average Bonchev–Trinajstić information content (AvgIpc) is 3.58. The third-order valence-electron chi connectivity index (χ3n) is 9.88. The maximum atomic E-state index is 2.40. The molecule has 0 atom stereocenters. The molecule has 4 aromatic rings. The van der Waals surface area contributed by atoms with E-state index in [-0.39, 0.29) is 0 Å². The summed E-state index contributed by atoms with van der Waals surface area (Å²) < 4.78 is 6.81. The zero-order valence-corrected chi connectivity index (χ0v) is 31.9. The van der Waals surface area contributed by atoms with Gasteiger partial charge in [0.05, 0.1) is 69.1 Å². The van der Waals surface area contributed by atoms with E-state index < -0.39 is 0 Å². The first-order valence-electron chi connectivity index (χ1n) is 17.6. The molecule has 0 spiro atoms. The number of anilines is 2. The van der Waals surface area contributed by atoms with Gasteiger partial charge >= 0.3 is 0 Å². The van der Waals surface area contributed by atoms with Crippen molar-refractivity contribution in [1.29, 1.82) is 0 Å². The van der Waals surface area contributed by atoms with Crippen LogP contribution in [-0.4, -0.2) is 77.4 Å². The molecule has 0 amide bonds. The summed E-state index contributed by atoms with van der Waals surface area (Å²) in [7, 11) is 13.9. The van der Waals surface area contributed by atoms with Gasteiger partial charge in [-0.2, -0.15) is 0 Å². The van der Waals surface area contributed by atoms with Crippen LogP contribution in [0.15, 0.2) is 117 Å². The fraction of sp³-hybridized carbons (Fsp3) is 0.366. The highest BCUT2D eigenvalue weighted by Crippen LogP contribution is 2.46. The SMILES string of the molecule is CN1/C(=C/c2cc[n+](CCCC[N+](C)(C)CC[N+](C)(C)CCC[n+]3ccc(/C=C4/Sc5ccccc5N4C)cc3)cc2)Sc2ccccc21. The predicted molar refractivity (Wildman–Crippen MR) is 208 cm³/mol. The third kappa shape index (κ3) is 9.37. The van der Waals surface area contributed by atoms with Crippen LogP contribution in [0.4, 0.5) is 11.4 Å². The number of likely N-dealkylation sites (N-methyl/N-ethyl adjacent to an activating group) is 2. The Balaban J connectivity index is 0.878. The van der Waals surface area contributed by atoms with Gasteiger partial charge in [-0.25, -0.2) is 9.13 Å². The lowest BCUT2D eigenvalue weighted by molar-refractivity contribution is -0.946. The molecule has 2 aliphatic heterocycles. The summed E-state index contributed by atoms with van der Waals surface area (Å²) in [6, 6.07) is 26.2. The lowest BCUT2D eigenvalue weighted by atomic mass is 10.2. The molecule has 0 N–H and O–H groups in total. The molecule has 49 heavy (non-hydrogen) atoms. The molecular weight excluding hydrogens is 641 g/mol. The maximum absolute atomic E-state index is 2.40. The maximum Gasteiger partial charge on any atom is 0.169 e. The second-order valence-corrected chi connectivity index (χ2v) is 16.9. The van der Waals surface area contributed by atoms with E-state index in [4.69, 9.17) is 0 Å². The molecule has 0 bridgehead atoms. The van der Waals surface area contributed by atoms with Crippen molar-refractivity contribution in [1.82, 2.24) is 0 Å². The number of para-hydroxylation sites is 2. The Labute approximate surface area is 303 Å². The average molecular weight is 695 g/mol. The van der Waals surface area contributed by atoms with Crippen LogP contribution in [0.1, 0.15) is 30.4 Å². The number of unbranched alkanes of at least 4 members (excludes halogenated alkanes) is 1. The van der Waals surface area contributed by atoms with Crippen LogP contribution >= 0.6 is 23.5 Å². The Bertz CT molecular complexity index is 1780. The van der Waals surface area contributed by atoms with E-state index in [1.165, 1.54) is 87.8 Å². The first-order valence-corrected chi connectivity index (χ1v) is 19.3. The summed E-state index contributed by atoms with van der Waals surface area (Å²) in [5.74, 6) is 0. The molecule has 4 heterocycles. The molecule has 0 aliphatic carbocycles. The van der Waals surface area contributed by atoms with Gasteiger partial charge in [-0.1, -0.05) is 47.8 Å². The second-order valence-electron chi connectivity index (χ2n) is 14.8. The molecule has 2 aliphatic rings. The van der Waals surface area contributed by atoms with E-state index in [2.05, 4.69) is 171 Å². The summed E-state index contributed by atoms with van der Waals surface area (Å²) in [4.78, 5) is 7.23. The van der Waals surface area contributed by atoms with Crippen molar-refractivity contribution in [3.8, 4) is 0 Å². The molecule has 2 aromatic carbocycles. The number of fused-ring (bicyclic) bond motifs is 2. The van der Waals surface area contributed by atoms with Crippen LogP contribution in [0.5, 0.6) is 0 Å². The number of hydrogen-bond acceptors (Lipinski definition) is 4. The number of aryl methyl sites for hydroxylation is 2. The zero-order valence-electron chi connectivity index (χ0n) is 30.3. The molecular formula is C41H54N6S2+4. The number of hydrogen-bond donors (Lipinski definition) is 0. The Kier molecular flexibility index (Phi) is 11.2. The van der Waals surface area contributed by atoms with Crippen molar-refractivity contribution in [3.63, 3.8) is 0 Å². The molecule has 6 nitrogen and oxygen atoms in total. The summed E-state index contributed by atoms with van der Waals surface area (Å²) in [6.07, 6.45) is 17.1. The van der Waals surface area contributed by atoms with E-state index >= 15 is 0 Å². The van der Waals surface area contributed by atoms with Gasteiger partial charge < -0.3 is 18.8 Å². The molecule has 0 radical (unpaired) electrons. The fourth-order valence-electron chi connectivity index (χ4n) is 6.49. The summed E-state index contributed by atoms with van der Waals surface area (Å²) in [5.41, 5.74) is 5.08. The monoisotopic (exact) mass is 694 g/mol. The molecule has 2 aromatic heterocycles. The number of rotatable bonds is 14. The van der Waals surface area contributed by atoms with Crippen LogP contribution in [0, 0.1) is 0 Å². The van der Waals surface area contributed by atoms with E-state index in [1.54, 1.807) is 0 Å². The van der Waals surface area contributed by atoms with Gasteiger partial charge in [0.2, 0.25) is 0 Å². The molecule has 6 rings (SSSR count). The van der Waals surface area contributed by atoms with Gasteiger partial charge in [-0.05, 0) is 47.5 Å². The lowest BCUT2D eigenvalue weighted by Crippen LogP contribution is -2.52. The highest BCUT2D eigenvalue weighted by molar-refractivity contribution is 8.04. The van der Waals surface area contributed by atoms with Gasteiger partial charge in [-0.3, -0.25) is 0 Å². The number of pyridine rings is 2. The fourth-order valence-corrected chi connectivity index (χ4v) is 8.71. The summed E-state index contributed by atoms with van der Waals surface area (Å²) in [5, 5.41) is 2.55. The Morgan fingerprint density at radius 1 is 0.531 bits per heavy atom. The molecule has 0 unspecified atom stereocenters. The van der Waals surface area contributed by atoms with E-state index in [0.29, 0.717) is 0 Å². The molecule has 0 saturated carbocycles. The summed E-state index contributed by atoms with van der Waals surface area (Å²) >= 11 is 3.69. The predicted octanol–water partition coefficient (Wildman–Crippen LogP) is 7.37. The van der Waals surface area contributed by atoms with Gasteiger partial charge in [0.25, 0.3) is 0 Å². The normalized spacial score (nSPS) is 16.1. The van der Waals surface area contributed by atoms with Gasteiger partial charge in [0.15, 0.2) is 31.3 Å². The highest BCUT2D eigenvalue weighted by atomic mass is 32.2. The molecule has 8 heteroatoms. The Morgan fingerprint density at radius 2 is 0.939 bits per heavy atom.